The first-order chi connectivity index (χ1) is 14.4. The number of carbonyl (C=O) groups is 1. The zero-order chi connectivity index (χ0) is 23.1. The van der Waals surface area contributed by atoms with Crippen molar-refractivity contribution in [1.29, 1.82) is 5.26 Å². The van der Waals surface area contributed by atoms with Crippen LogP contribution in [-0.4, -0.2) is 23.2 Å². The number of thiocarbonyl (C=S) groups is 1. The largest absolute Gasteiger partial charge is 0.490 e. The molecule has 5 nitrogen and oxygen atoms in total. The van der Waals surface area contributed by atoms with Gasteiger partial charge in [0.1, 0.15) is 5.54 Å². The third kappa shape index (κ3) is 4.26. The summed E-state index contributed by atoms with van der Waals surface area (Å²) in [4.78, 5) is 16.3. The van der Waals surface area contributed by atoms with Gasteiger partial charge in [0.15, 0.2) is 16.7 Å². The molecule has 1 aliphatic rings. The lowest BCUT2D eigenvalue weighted by molar-refractivity contribution is -0.120. The zero-order valence-corrected chi connectivity index (χ0v) is 19.4. The van der Waals surface area contributed by atoms with E-state index < -0.39 is 11.4 Å². The van der Waals surface area contributed by atoms with Crippen molar-refractivity contribution in [3.8, 4) is 11.8 Å². The predicted octanol–water partition coefficient (Wildman–Crippen LogP) is 5.35. The summed E-state index contributed by atoms with van der Waals surface area (Å²) in [6.07, 6.45) is 0. The Morgan fingerprint density at radius 1 is 1.16 bits per heavy atom. The molecule has 0 aliphatic carbocycles. The van der Waals surface area contributed by atoms with Gasteiger partial charge in [-0.25, -0.2) is 4.39 Å². The smallest absolute Gasteiger partial charge is 0.259 e. The molecular weight excluding hydrogens is 413 g/mol. The number of halogens is 1. The molecule has 1 aliphatic heterocycles. The molecule has 31 heavy (non-hydrogen) atoms. The van der Waals surface area contributed by atoms with Gasteiger partial charge in [-0.1, -0.05) is 20.8 Å². The van der Waals surface area contributed by atoms with E-state index in [1.165, 1.54) is 11.0 Å². The Balaban J connectivity index is 1.96. The Morgan fingerprint density at radius 2 is 1.81 bits per heavy atom. The predicted molar refractivity (Wildman–Crippen MR) is 124 cm³/mol. The summed E-state index contributed by atoms with van der Waals surface area (Å²) in [6.45, 7) is 11.7. The summed E-state index contributed by atoms with van der Waals surface area (Å²) < 4.78 is 20.4. The molecule has 1 saturated heterocycles. The number of hydrogen-bond donors (Lipinski definition) is 0. The Bertz CT molecular complexity index is 1100. The average molecular weight is 440 g/mol. The van der Waals surface area contributed by atoms with E-state index in [9.17, 15) is 14.4 Å². The van der Waals surface area contributed by atoms with Crippen LogP contribution < -0.4 is 14.5 Å². The van der Waals surface area contributed by atoms with Gasteiger partial charge in [0.05, 0.1) is 23.9 Å². The van der Waals surface area contributed by atoms with E-state index in [1.54, 1.807) is 56.0 Å². The lowest BCUT2D eigenvalue weighted by Gasteiger charge is -2.29. The van der Waals surface area contributed by atoms with Crippen LogP contribution in [0.2, 0.25) is 0 Å². The van der Waals surface area contributed by atoms with Gasteiger partial charge >= 0.3 is 0 Å². The molecule has 2 aromatic rings. The van der Waals surface area contributed by atoms with Gasteiger partial charge in [-0.3, -0.25) is 9.69 Å². The highest BCUT2D eigenvalue weighted by Crippen LogP contribution is 2.38. The Labute approximate surface area is 188 Å². The van der Waals surface area contributed by atoms with Crippen LogP contribution in [0.3, 0.4) is 0 Å². The molecule has 1 heterocycles. The van der Waals surface area contributed by atoms with E-state index in [0.29, 0.717) is 23.5 Å². The van der Waals surface area contributed by atoms with Gasteiger partial charge in [0.2, 0.25) is 0 Å². The second-order valence-electron chi connectivity index (χ2n) is 9.39. The summed E-state index contributed by atoms with van der Waals surface area (Å²) in [5.74, 6) is -0.581. The number of amides is 1. The minimum atomic E-state index is -1.01. The number of aryl methyl sites for hydroxylation is 1. The first kappa shape index (κ1) is 22.7. The number of benzene rings is 2. The van der Waals surface area contributed by atoms with Gasteiger partial charge in [-0.15, -0.1) is 0 Å². The molecule has 0 N–H and O–H groups in total. The first-order valence-electron chi connectivity index (χ1n) is 9.98. The van der Waals surface area contributed by atoms with E-state index in [2.05, 4.69) is 6.07 Å². The molecule has 0 radical (unpaired) electrons. The maximum absolute atomic E-state index is 14.8. The maximum atomic E-state index is 14.8. The molecule has 2 aromatic carbocycles. The van der Waals surface area contributed by atoms with Crippen LogP contribution in [0.5, 0.6) is 5.75 Å². The fraction of sp³-hybridized carbons (Fsp3) is 0.375. The Hall–Kier alpha value is -2.98. The molecule has 0 aromatic heterocycles. The highest BCUT2D eigenvalue weighted by molar-refractivity contribution is 7.81. The van der Waals surface area contributed by atoms with Crippen LogP contribution >= 0.6 is 12.2 Å². The Morgan fingerprint density at radius 3 is 2.35 bits per heavy atom. The number of nitrogens with zero attached hydrogens (tertiary/aromatic N) is 3. The van der Waals surface area contributed by atoms with Crippen molar-refractivity contribution in [2.75, 3.05) is 16.4 Å². The summed E-state index contributed by atoms with van der Waals surface area (Å²) in [6, 6.07) is 11.8. The molecule has 0 saturated carbocycles. The van der Waals surface area contributed by atoms with Crippen LogP contribution in [0.25, 0.3) is 0 Å². The summed E-state index contributed by atoms with van der Waals surface area (Å²) in [7, 11) is 0. The second kappa shape index (κ2) is 7.93. The molecule has 1 fully saturated rings. The van der Waals surface area contributed by atoms with Gasteiger partial charge in [-0.05, 0) is 74.3 Å². The number of ether oxygens (including phenoxy) is 1. The van der Waals surface area contributed by atoms with Crippen molar-refractivity contribution >= 4 is 34.6 Å². The van der Waals surface area contributed by atoms with Crippen molar-refractivity contribution in [1.82, 2.24) is 0 Å². The standard InChI is InChI=1S/C24H26FN3O2S/c1-15-11-17(8-7-16(15)13-26)27-21(29)24(5,6)28(22(27)31)18-9-10-20(19(25)12-18)30-14-23(2,3)4/h7-12H,14H2,1-6H3. The molecule has 0 bridgehead atoms. The number of carbonyl (C=O) groups excluding carboxylic acids is 1. The SMILES string of the molecule is Cc1cc(N2C(=O)C(C)(C)N(c3ccc(OCC(C)(C)C)c(F)c3)C2=S)ccc1C#N. The summed E-state index contributed by atoms with van der Waals surface area (Å²) in [5.41, 5.74) is 1.21. The molecule has 0 atom stereocenters. The van der Waals surface area contributed by atoms with Gasteiger partial charge < -0.3 is 9.64 Å². The number of hydrogen-bond acceptors (Lipinski definition) is 4. The first-order valence-corrected chi connectivity index (χ1v) is 10.4. The van der Waals surface area contributed by atoms with E-state index in [4.69, 9.17) is 17.0 Å². The van der Waals surface area contributed by atoms with E-state index in [1.807, 2.05) is 20.8 Å². The maximum Gasteiger partial charge on any atom is 0.259 e. The van der Waals surface area contributed by atoms with Crippen molar-refractivity contribution < 1.29 is 13.9 Å². The van der Waals surface area contributed by atoms with Crippen LogP contribution in [0.4, 0.5) is 15.8 Å². The third-order valence-electron chi connectivity index (χ3n) is 5.09. The number of nitriles is 1. The van der Waals surface area contributed by atoms with E-state index in [0.717, 1.165) is 5.56 Å². The molecule has 1 amide bonds. The molecule has 7 heteroatoms. The monoisotopic (exact) mass is 439 g/mol. The molecule has 162 valence electrons. The summed E-state index contributed by atoms with van der Waals surface area (Å²) >= 11 is 5.64. The fourth-order valence-corrected chi connectivity index (χ4v) is 3.93. The highest BCUT2D eigenvalue weighted by Gasteiger charge is 2.50. The van der Waals surface area contributed by atoms with Crippen molar-refractivity contribution in [3.05, 3.63) is 53.3 Å². The minimum Gasteiger partial charge on any atom is -0.490 e. The van der Waals surface area contributed by atoms with Crippen LogP contribution in [0.1, 0.15) is 45.7 Å². The summed E-state index contributed by atoms with van der Waals surface area (Å²) in [5, 5.41) is 9.42. The average Bonchev–Trinajstić information content (AvgIpc) is 2.84. The lowest BCUT2D eigenvalue weighted by atomic mass is 9.99. The normalized spacial score (nSPS) is 15.9. The van der Waals surface area contributed by atoms with Crippen LogP contribution in [0, 0.1) is 29.5 Å². The van der Waals surface area contributed by atoms with E-state index in [-0.39, 0.29) is 22.2 Å². The molecule has 0 unspecified atom stereocenters. The van der Waals surface area contributed by atoms with Crippen molar-refractivity contribution in [2.24, 2.45) is 5.41 Å². The van der Waals surface area contributed by atoms with E-state index >= 15 is 0 Å². The van der Waals surface area contributed by atoms with Gasteiger partial charge in [-0.2, -0.15) is 5.26 Å². The van der Waals surface area contributed by atoms with Crippen LogP contribution in [0.15, 0.2) is 36.4 Å². The second-order valence-corrected chi connectivity index (χ2v) is 9.76. The minimum absolute atomic E-state index is 0.101. The van der Waals surface area contributed by atoms with Crippen molar-refractivity contribution in [3.63, 3.8) is 0 Å². The zero-order valence-electron chi connectivity index (χ0n) is 18.6. The lowest BCUT2D eigenvalue weighted by Crippen LogP contribution is -2.44. The Kier molecular flexibility index (Phi) is 5.81. The molecule has 3 rings (SSSR count). The fourth-order valence-electron chi connectivity index (χ4n) is 3.41. The van der Waals surface area contributed by atoms with Gasteiger partial charge in [0, 0.05) is 11.8 Å². The third-order valence-corrected chi connectivity index (χ3v) is 5.46. The number of anilines is 2. The highest BCUT2D eigenvalue weighted by atomic mass is 32.1. The van der Waals surface area contributed by atoms with Crippen molar-refractivity contribution in [2.45, 2.75) is 47.1 Å². The quantitative estimate of drug-likeness (QED) is 0.601. The molecule has 0 spiro atoms. The van der Waals surface area contributed by atoms with Gasteiger partial charge in [0.25, 0.3) is 5.91 Å². The topological polar surface area (TPSA) is 56.6 Å². The molecular formula is C24H26FN3O2S. The number of rotatable bonds is 4. The van der Waals surface area contributed by atoms with Crippen LogP contribution in [-0.2, 0) is 4.79 Å².